The number of hydrogen-bond acceptors (Lipinski definition) is 3. The van der Waals surface area contributed by atoms with E-state index in [2.05, 4.69) is 63.8 Å². The van der Waals surface area contributed by atoms with Gasteiger partial charge in [-0.15, -0.1) is 0 Å². The maximum absolute atomic E-state index is 4.52. The quantitative estimate of drug-likeness (QED) is 0.617. The van der Waals surface area contributed by atoms with Crippen molar-refractivity contribution in [2.45, 2.75) is 13.1 Å². The van der Waals surface area contributed by atoms with E-state index in [0.29, 0.717) is 0 Å². The average molecular weight is 299 g/mol. The summed E-state index contributed by atoms with van der Waals surface area (Å²) in [5.74, 6) is 0. The molecule has 3 heteroatoms. The Morgan fingerprint density at radius 2 is 1.09 bits per heavy atom. The van der Waals surface area contributed by atoms with Crippen LogP contribution in [0.5, 0.6) is 0 Å². The van der Waals surface area contributed by atoms with E-state index in [-0.39, 0.29) is 0 Å². The molecule has 0 aliphatic rings. The van der Waals surface area contributed by atoms with Crippen LogP contribution >= 0.6 is 0 Å². The van der Waals surface area contributed by atoms with Gasteiger partial charge >= 0.3 is 0 Å². The van der Waals surface area contributed by atoms with Crippen LogP contribution in [-0.2, 0) is 13.1 Å². The van der Waals surface area contributed by atoms with E-state index in [1.165, 1.54) is 21.5 Å². The lowest BCUT2D eigenvalue weighted by Gasteiger charge is -2.09. The molecule has 1 N–H and O–H groups in total. The SMILES string of the molecule is c1ccc2c(CNCc3nccc4ccccc34)nccc2c1. The molecule has 0 atom stereocenters. The van der Waals surface area contributed by atoms with Crippen LogP contribution in [0.25, 0.3) is 21.5 Å². The molecule has 0 unspecified atom stereocenters. The molecule has 0 spiro atoms. The predicted molar refractivity (Wildman–Crippen MR) is 94.0 cm³/mol. The Bertz CT molecular complexity index is 873. The fourth-order valence-electron chi connectivity index (χ4n) is 2.95. The Balaban J connectivity index is 1.55. The third-order valence-corrected chi connectivity index (χ3v) is 4.10. The third kappa shape index (κ3) is 2.79. The Labute approximate surface area is 135 Å². The second-order valence-corrected chi connectivity index (χ2v) is 5.56. The largest absolute Gasteiger partial charge is 0.305 e. The van der Waals surface area contributed by atoms with Gasteiger partial charge in [0.2, 0.25) is 0 Å². The second kappa shape index (κ2) is 6.15. The highest BCUT2D eigenvalue weighted by Gasteiger charge is 2.04. The summed E-state index contributed by atoms with van der Waals surface area (Å²) in [7, 11) is 0. The number of nitrogens with zero attached hydrogens (tertiary/aromatic N) is 2. The molecule has 2 heterocycles. The number of fused-ring (bicyclic) bond motifs is 2. The number of rotatable bonds is 4. The summed E-state index contributed by atoms with van der Waals surface area (Å²) in [5.41, 5.74) is 2.15. The summed E-state index contributed by atoms with van der Waals surface area (Å²) in [6.07, 6.45) is 3.74. The van der Waals surface area contributed by atoms with Crippen LogP contribution in [0.15, 0.2) is 73.1 Å². The van der Waals surface area contributed by atoms with Gasteiger partial charge in [-0.1, -0.05) is 48.5 Å². The standard InChI is InChI=1S/C20H17N3/c1-3-7-17-15(5-1)9-11-22-19(17)13-21-14-20-18-8-4-2-6-16(18)10-12-23-20/h1-12,21H,13-14H2. The molecule has 112 valence electrons. The molecule has 3 nitrogen and oxygen atoms in total. The van der Waals surface area contributed by atoms with Crippen molar-refractivity contribution in [2.75, 3.05) is 0 Å². The summed E-state index contributed by atoms with van der Waals surface area (Å²) in [6.45, 7) is 1.46. The van der Waals surface area contributed by atoms with Gasteiger partial charge in [-0.05, 0) is 22.9 Å². The van der Waals surface area contributed by atoms with E-state index in [0.717, 1.165) is 24.5 Å². The minimum Gasteiger partial charge on any atom is -0.305 e. The van der Waals surface area contributed by atoms with Gasteiger partial charge in [-0.25, -0.2) is 0 Å². The van der Waals surface area contributed by atoms with E-state index in [4.69, 9.17) is 0 Å². The van der Waals surface area contributed by atoms with Crippen molar-refractivity contribution in [3.63, 3.8) is 0 Å². The van der Waals surface area contributed by atoms with Crippen LogP contribution in [0.1, 0.15) is 11.4 Å². The molecule has 0 saturated heterocycles. The lowest BCUT2D eigenvalue weighted by atomic mass is 10.1. The van der Waals surface area contributed by atoms with Crippen LogP contribution in [-0.4, -0.2) is 9.97 Å². The number of aromatic nitrogens is 2. The number of nitrogens with one attached hydrogen (secondary N) is 1. The molecule has 0 aliphatic carbocycles. The first kappa shape index (κ1) is 13.9. The molecular formula is C20H17N3. The van der Waals surface area contributed by atoms with Crippen molar-refractivity contribution >= 4 is 21.5 Å². The highest BCUT2D eigenvalue weighted by molar-refractivity contribution is 5.85. The second-order valence-electron chi connectivity index (χ2n) is 5.56. The van der Waals surface area contributed by atoms with E-state index in [1.54, 1.807) is 0 Å². The number of hydrogen-bond donors (Lipinski definition) is 1. The van der Waals surface area contributed by atoms with Crippen molar-refractivity contribution in [1.82, 2.24) is 15.3 Å². The first-order valence-electron chi connectivity index (χ1n) is 7.78. The minimum absolute atomic E-state index is 0.728. The summed E-state index contributed by atoms with van der Waals surface area (Å²) < 4.78 is 0. The Morgan fingerprint density at radius 1 is 0.609 bits per heavy atom. The highest BCUT2D eigenvalue weighted by atomic mass is 14.9. The Kier molecular flexibility index (Phi) is 3.70. The molecule has 0 amide bonds. The van der Waals surface area contributed by atoms with Crippen LogP contribution < -0.4 is 5.32 Å². The van der Waals surface area contributed by atoms with Gasteiger partial charge in [0.1, 0.15) is 0 Å². The highest BCUT2D eigenvalue weighted by Crippen LogP contribution is 2.18. The normalized spacial score (nSPS) is 11.1. The zero-order valence-electron chi connectivity index (χ0n) is 12.7. The molecule has 4 aromatic rings. The van der Waals surface area contributed by atoms with Crippen LogP contribution in [0.3, 0.4) is 0 Å². The maximum Gasteiger partial charge on any atom is 0.0619 e. The van der Waals surface area contributed by atoms with E-state index >= 15 is 0 Å². The third-order valence-electron chi connectivity index (χ3n) is 4.10. The van der Waals surface area contributed by atoms with Crippen molar-refractivity contribution in [3.05, 3.63) is 84.4 Å². The topological polar surface area (TPSA) is 37.8 Å². The molecule has 0 fully saturated rings. The van der Waals surface area contributed by atoms with Gasteiger partial charge in [-0.2, -0.15) is 0 Å². The van der Waals surface area contributed by atoms with Gasteiger partial charge in [0, 0.05) is 36.3 Å². The van der Waals surface area contributed by atoms with Gasteiger partial charge in [0.15, 0.2) is 0 Å². The van der Waals surface area contributed by atoms with E-state index in [1.807, 2.05) is 24.5 Å². The van der Waals surface area contributed by atoms with Gasteiger partial charge in [0.05, 0.1) is 11.4 Å². The zero-order chi connectivity index (χ0) is 15.5. The molecule has 0 radical (unpaired) electrons. The monoisotopic (exact) mass is 299 g/mol. The molecule has 0 aliphatic heterocycles. The van der Waals surface area contributed by atoms with E-state index < -0.39 is 0 Å². The molecule has 23 heavy (non-hydrogen) atoms. The predicted octanol–water partition coefficient (Wildman–Crippen LogP) is 4.07. The average Bonchev–Trinajstić information content (AvgIpc) is 2.62. The zero-order valence-corrected chi connectivity index (χ0v) is 12.7. The summed E-state index contributed by atoms with van der Waals surface area (Å²) in [5, 5.41) is 8.33. The lowest BCUT2D eigenvalue weighted by Crippen LogP contribution is -2.15. The smallest absolute Gasteiger partial charge is 0.0619 e. The van der Waals surface area contributed by atoms with E-state index in [9.17, 15) is 0 Å². The van der Waals surface area contributed by atoms with Gasteiger partial charge < -0.3 is 5.32 Å². The fraction of sp³-hybridized carbons (Fsp3) is 0.100. The summed E-state index contributed by atoms with van der Waals surface area (Å²) >= 11 is 0. The molecule has 4 rings (SSSR count). The van der Waals surface area contributed by atoms with Crippen LogP contribution in [0.2, 0.25) is 0 Å². The van der Waals surface area contributed by atoms with Crippen molar-refractivity contribution in [2.24, 2.45) is 0 Å². The van der Waals surface area contributed by atoms with Crippen molar-refractivity contribution in [1.29, 1.82) is 0 Å². The fourth-order valence-corrected chi connectivity index (χ4v) is 2.95. The first-order chi connectivity index (χ1) is 11.4. The van der Waals surface area contributed by atoms with Crippen LogP contribution in [0.4, 0.5) is 0 Å². The summed E-state index contributed by atoms with van der Waals surface area (Å²) in [6, 6.07) is 20.8. The minimum atomic E-state index is 0.728. The number of pyridine rings is 2. The molecule has 2 aromatic heterocycles. The molecule has 2 aromatic carbocycles. The molecular weight excluding hydrogens is 282 g/mol. The van der Waals surface area contributed by atoms with Gasteiger partial charge in [-0.3, -0.25) is 9.97 Å². The Hall–Kier alpha value is -2.78. The van der Waals surface area contributed by atoms with Crippen molar-refractivity contribution < 1.29 is 0 Å². The molecule has 0 bridgehead atoms. The van der Waals surface area contributed by atoms with Gasteiger partial charge in [0.25, 0.3) is 0 Å². The Morgan fingerprint density at radius 3 is 1.61 bits per heavy atom. The summed E-state index contributed by atoms with van der Waals surface area (Å²) in [4.78, 5) is 9.03. The maximum atomic E-state index is 4.52. The first-order valence-corrected chi connectivity index (χ1v) is 7.78. The van der Waals surface area contributed by atoms with Crippen LogP contribution in [0, 0.1) is 0 Å². The van der Waals surface area contributed by atoms with Crippen molar-refractivity contribution in [3.8, 4) is 0 Å². The number of benzene rings is 2. The molecule has 0 saturated carbocycles. The lowest BCUT2D eigenvalue weighted by molar-refractivity contribution is 0.675.